The number of imide groups is 2. The maximum atomic E-state index is 11.1. The number of nitrogens with zero attached hydrogens (tertiary/aromatic N) is 10. The van der Waals surface area contributed by atoms with Gasteiger partial charge in [0.2, 0.25) is 17.7 Å². The number of thiocarbonyl (C=S) groups is 4. The van der Waals surface area contributed by atoms with Crippen molar-refractivity contribution in [2.24, 2.45) is 0 Å². The van der Waals surface area contributed by atoms with Crippen LogP contribution in [0, 0.1) is 27.7 Å². The topological polar surface area (TPSA) is 195 Å². The zero-order valence-corrected chi connectivity index (χ0v) is 44.1. The molecule has 7 heterocycles. The smallest absolute Gasteiger partial charge is 0.326 e. The van der Waals surface area contributed by atoms with Crippen LogP contribution in [0.3, 0.4) is 0 Å². The molecule has 24 heteroatoms. The lowest BCUT2D eigenvalue weighted by Gasteiger charge is -2.14. The number of rotatable bonds is 4. The van der Waals surface area contributed by atoms with Gasteiger partial charge in [-0.3, -0.25) is 43.6 Å². The first kappa shape index (κ1) is 62.3. The predicted octanol–water partition coefficient (Wildman–Crippen LogP) is 4.19. The Morgan fingerprint density at radius 3 is 1.09 bits per heavy atom. The summed E-state index contributed by atoms with van der Waals surface area (Å²) in [6.07, 6.45) is 4.38. The minimum absolute atomic E-state index is 0. The summed E-state index contributed by atoms with van der Waals surface area (Å²) in [5.74, 6) is 0.492. The maximum Gasteiger partial charge on any atom is 0.326 e. The Kier molecular flexibility index (Phi) is 26.8. The van der Waals surface area contributed by atoms with Crippen molar-refractivity contribution in [2.75, 3.05) is 101 Å². The van der Waals surface area contributed by atoms with E-state index in [9.17, 15) is 38.4 Å². The van der Waals surface area contributed by atoms with Crippen LogP contribution in [0.15, 0.2) is 43.3 Å². The zero-order chi connectivity index (χ0) is 51.6. The van der Waals surface area contributed by atoms with Crippen LogP contribution in [0.4, 0.5) is 14.4 Å². The van der Waals surface area contributed by atoms with Gasteiger partial charge in [0.25, 0.3) is 0 Å². The molecule has 0 saturated carbocycles. The van der Waals surface area contributed by atoms with E-state index in [-0.39, 0.29) is 67.2 Å². The van der Waals surface area contributed by atoms with Crippen molar-refractivity contribution in [3.8, 4) is 0 Å². The van der Waals surface area contributed by atoms with Crippen LogP contribution >= 0.6 is 48.9 Å². The number of amides is 9. The van der Waals surface area contributed by atoms with Gasteiger partial charge in [0.1, 0.15) is 28.8 Å². The van der Waals surface area contributed by atoms with Crippen molar-refractivity contribution >= 4 is 105 Å². The number of urea groups is 3. The lowest BCUT2D eigenvalue weighted by atomic mass is 10.2. The lowest BCUT2D eigenvalue weighted by Crippen LogP contribution is -2.29. The molecular formula is C44H68N10O10S4. The summed E-state index contributed by atoms with van der Waals surface area (Å²) < 4.78 is 9.76. The molecule has 68 heavy (non-hydrogen) atoms. The first-order chi connectivity index (χ1) is 31.2. The molecule has 7 rings (SSSR count). The third-order valence-electron chi connectivity index (χ3n) is 10.3. The van der Waals surface area contributed by atoms with Crippen LogP contribution in [0.25, 0.3) is 0 Å². The van der Waals surface area contributed by atoms with E-state index in [1.54, 1.807) is 53.7 Å². The Bertz CT molecular complexity index is 2110. The Hall–Kier alpha value is -5.72. The molecule has 0 radical (unpaired) electrons. The zero-order valence-electron chi connectivity index (χ0n) is 40.9. The van der Waals surface area contributed by atoms with E-state index in [4.69, 9.17) is 57.7 Å². The fourth-order valence-electron chi connectivity index (χ4n) is 5.58. The van der Waals surface area contributed by atoms with Gasteiger partial charge in [-0.05, 0) is 79.8 Å². The first-order valence-electron chi connectivity index (χ1n) is 21.0. The van der Waals surface area contributed by atoms with E-state index in [0.29, 0.717) is 52.2 Å². The molecule has 5 fully saturated rings. The van der Waals surface area contributed by atoms with Crippen molar-refractivity contribution in [2.45, 2.75) is 62.8 Å². The molecule has 378 valence electrons. The Balaban J connectivity index is 0.000000769. The molecule has 5 saturated heterocycles. The molecule has 0 unspecified atom stereocenters. The second kappa shape index (κ2) is 29.2. The van der Waals surface area contributed by atoms with E-state index in [0.717, 1.165) is 46.1 Å². The van der Waals surface area contributed by atoms with E-state index in [2.05, 4.69) is 11.8 Å². The highest BCUT2D eigenvalue weighted by Gasteiger charge is 2.32. The number of hydrogen-bond donors (Lipinski definition) is 0. The summed E-state index contributed by atoms with van der Waals surface area (Å²) in [6.45, 7) is 20.3. The fourth-order valence-corrected chi connectivity index (χ4v) is 6.71. The van der Waals surface area contributed by atoms with Crippen molar-refractivity contribution in [1.82, 2.24) is 49.0 Å². The van der Waals surface area contributed by atoms with Crippen molar-refractivity contribution in [3.05, 3.63) is 67.8 Å². The Morgan fingerprint density at radius 2 is 0.853 bits per heavy atom. The molecule has 20 nitrogen and oxygen atoms in total. The highest BCUT2D eigenvalue weighted by molar-refractivity contribution is 7.82. The lowest BCUT2D eigenvalue weighted by molar-refractivity contribution is -0.125. The van der Waals surface area contributed by atoms with Gasteiger partial charge in [0.05, 0.1) is 38.4 Å². The highest BCUT2D eigenvalue weighted by Crippen LogP contribution is 2.10. The number of likely N-dealkylation sites (N-methyl/N-ethyl adjacent to an activating group) is 10. The fraction of sp³-hybridized carbons (Fsp3) is 0.545. The second-order valence-corrected chi connectivity index (χ2v) is 16.9. The molecule has 5 aliphatic heterocycles. The van der Waals surface area contributed by atoms with Crippen LogP contribution in [0.5, 0.6) is 0 Å². The monoisotopic (exact) mass is 1020 g/mol. The number of hydrogen-bond acceptors (Lipinski definition) is 14. The molecule has 0 atom stereocenters. The van der Waals surface area contributed by atoms with Crippen LogP contribution in [0.1, 0.15) is 57.6 Å². The van der Waals surface area contributed by atoms with Crippen molar-refractivity contribution < 1.29 is 37.6 Å². The molecule has 0 spiro atoms. The molecule has 0 aromatic carbocycles. The quantitative estimate of drug-likeness (QED) is 0.312. The summed E-state index contributed by atoms with van der Waals surface area (Å²) >= 11 is 20.1. The Labute approximate surface area is 421 Å². The van der Waals surface area contributed by atoms with Gasteiger partial charge in [-0.15, -0.1) is 0 Å². The predicted molar refractivity (Wildman–Crippen MR) is 278 cm³/mol. The van der Waals surface area contributed by atoms with Gasteiger partial charge in [0, 0.05) is 91.2 Å². The van der Waals surface area contributed by atoms with E-state index in [1.807, 2.05) is 37.6 Å². The minimum atomic E-state index is -0.222. The molecule has 5 aliphatic rings. The maximum absolute atomic E-state index is 11.1. The molecule has 2 aromatic rings. The molecule has 0 bridgehead atoms. The van der Waals surface area contributed by atoms with Crippen LogP contribution < -0.4 is 10.9 Å². The van der Waals surface area contributed by atoms with Gasteiger partial charge in [-0.2, -0.15) is 0 Å². The van der Waals surface area contributed by atoms with E-state index in [1.165, 1.54) is 58.6 Å². The first-order valence-corrected chi connectivity index (χ1v) is 22.7. The number of aryl methyl sites for hydroxylation is 4. The van der Waals surface area contributed by atoms with E-state index < -0.39 is 0 Å². The van der Waals surface area contributed by atoms with Gasteiger partial charge in [-0.1, -0.05) is 31.9 Å². The second-order valence-electron chi connectivity index (χ2n) is 15.2. The SMILES string of the molecule is C.CCN1CC(=O)N(C)C1=O.CCN1CC(=O)N(C)C1=S.CCN1CC(=S)N(C)C1=O.CCN1CC(=S)N(C)C1=S.CN1CC(=O)N(C)C1=O.Cc1cc(=O)c(C)co1.Cc1cocc(C)c1=O. The third-order valence-corrected chi connectivity index (χ3v) is 12.1. The molecule has 0 N–H and O–H groups in total. The van der Waals surface area contributed by atoms with Crippen molar-refractivity contribution in [3.63, 3.8) is 0 Å². The number of carbonyl (C=O) groups is 6. The van der Waals surface area contributed by atoms with Crippen molar-refractivity contribution in [1.29, 1.82) is 0 Å². The van der Waals surface area contributed by atoms with Crippen LogP contribution in [-0.2, 0) is 14.4 Å². The molecule has 2 aromatic heterocycles. The van der Waals surface area contributed by atoms with Gasteiger partial charge in [0.15, 0.2) is 21.1 Å². The van der Waals surface area contributed by atoms with Crippen LogP contribution in [-0.4, -0.2) is 206 Å². The summed E-state index contributed by atoms with van der Waals surface area (Å²) in [4.78, 5) is 104. The molecule has 9 amide bonds. The summed E-state index contributed by atoms with van der Waals surface area (Å²) in [6, 6.07) is 1.09. The minimum Gasteiger partial charge on any atom is -0.472 e. The van der Waals surface area contributed by atoms with Crippen LogP contribution in [0.2, 0.25) is 0 Å². The molecular weight excluding hydrogens is 957 g/mol. The largest absolute Gasteiger partial charge is 0.472 e. The Morgan fingerprint density at radius 1 is 0.471 bits per heavy atom. The highest BCUT2D eigenvalue weighted by atomic mass is 32.1. The average Bonchev–Trinajstić information content (AvgIpc) is 3.97. The standard InChI is InChI=1S/2C7H8O2.C6H10N2O2.2C6H10N2OS.C6H10N2S2.C5H8N2O2.CH4/c1-5-4-9-6(2)3-7(5)8;1-5-3-9-4-6(2)7(5)8;1-3-8-4-5(9)7(2)6(8)10;1-3-8-4-5(10)7(2)6(8)9;2*1-3-8-4-5(9)7(2)6(8)10;1-6-3-4(8)7(2)5(6)9;/h2*3-4H,1-2H3;4*3-4H2,1-2H3;3H2,1-2H3;1H4. The number of carbonyl (C=O) groups excluding carboxylic acids is 6. The average molecular weight is 1030 g/mol. The summed E-state index contributed by atoms with van der Waals surface area (Å²) in [5, 5.41) is 1.50. The summed E-state index contributed by atoms with van der Waals surface area (Å²) in [5.41, 5.74) is 2.09. The van der Waals surface area contributed by atoms with Gasteiger partial charge < -0.3 is 38.2 Å². The third kappa shape index (κ3) is 17.7. The van der Waals surface area contributed by atoms with Gasteiger partial charge in [-0.25, -0.2) is 14.4 Å². The van der Waals surface area contributed by atoms with Gasteiger partial charge >= 0.3 is 18.1 Å². The normalized spacial score (nSPS) is 16.3. The molecule has 0 aliphatic carbocycles. The summed E-state index contributed by atoms with van der Waals surface area (Å²) in [7, 11) is 9.92. The van der Waals surface area contributed by atoms with E-state index >= 15 is 0 Å².